The fraction of sp³-hybridized carbons (Fsp3) is 0.500. The largest absolute Gasteiger partial charge is 0.490 e. The summed E-state index contributed by atoms with van der Waals surface area (Å²) in [5, 5.41) is 3.80. The fourth-order valence-corrected chi connectivity index (χ4v) is 3.88. The molecule has 2 aromatic rings. The van der Waals surface area contributed by atoms with E-state index in [1.54, 1.807) is 0 Å². The second kappa shape index (κ2) is 8.17. The highest BCUT2D eigenvalue weighted by Gasteiger charge is 2.22. The molecule has 0 aliphatic carbocycles. The number of benzene rings is 1. The van der Waals surface area contributed by atoms with Crippen LogP contribution in [0, 0.1) is 6.92 Å². The van der Waals surface area contributed by atoms with Gasteiger partial charge in [0.15, 0.2) is 11.5 Å². The van der Waals surface area contributed by atoms with Crippen LogP contribution in [0.25, 0.3) is 0 Å². The minimum atomic E-state index is 0.288. The van der Waals surface area contributed by atoms with Crippen LogP contribution >= 0.6 is 0 Å². The van der Waals surface area contributed by atoms with E-state index >= 15 is 0 Å². The van der Waals surface area contributed by atoms with Gasteiger partial charge in [-0.15, -0.1) is 0 Å². The van der Waals surface area contributed by atoms with Crippen LogP contribution in [-0.4, -0.2) is 37.3 Å². The zero-order valence-corrected chi connectivity index (χ0v) is 16.3. The van der Waals surface area contributed by atoms with E-state index in [-0.39, 0.29) is 6.04 Å². The molecule has 1 aromatic carbocycles. The normalized spacial score (nSPS) is 18.8. The van der Waals surface area contributed by atoms with Crippen molar-refractivity contribution in [3.8, 4) is 11.5 Å². The zero-order valence-electron chi connectivity index (χ0n) is 16.3. The smallest absolute Gasteiger partial charge is 0.161 e. The molecule has 3 heterocycles. The van der Waals surface area contributed by atoms with Gasteiger partial charge in [0.1, 0.15) is 5.82 Å². The SMILES string of the molecule is Cc1cccc(N2CCC(NC(C)c3ccc4c(c3)OCCCO4)CC2)n1. The van der Waals surface area contributed by atoms with Crippen molar-refractivity contribution in [3.05, 3.63) is 47.7 Å². The van der Waals surface area contributed by atoms with Crippen molar-refractivity contribution in [2.45, 2.75) is 45.2 Å². The molecule has 0 amide bonds. The Labute approximate surface area is 161 Å². The Bertz CT molecular complexity index is 772. The van der Waals surface area contributed by atoms with Crippen LogP contribution in [-0.2, 0) is 0 Å². The molecule has 1 atom stereocenters. The summed E-state index contributed by atoms with van der Waals surface area (Å²) in [7, 11) is 0. The van der Waals surface area contributed by atoms with Crippen molar-refractivity contribution in [2.24, 2.45) is 0 Å². The Morgan fingerprint density at radius 3 is 2.63 bits per heavy atom. The Hall–Kier alpha value is -2.27. The van der Waals surface area contributed by atoms with Gasteiger partial charge in [0.25, 0.3) is 0 Å². The van der Waals surface area contributed by atoms with E-state index in [0.29, 0.717) is 6.04 Å². The number of aryl methyl sites for hydroxylation is 1. The number of ether oxygens (including phenoxy) is 2. The van der Waals surface area contributed by atoms with Crippen molar-refractivity contribution >= 4 is 5.82 Å². The molecule has 0 spiro atoms. The summed E-state index contributed by atoms with van der Waals surface area (Å²) in [6, 6.07) is 13.4. The molecule has 5 nitrogen and oxygen atoms in total. The number of rotatable bonds is 4. The average Bonchev–Trinajstić information content (AvgIpc) is 2.93. The lowest BCUT2D eigenvalue weighted by atomic mass is 10.0. The zero-order chi connectivity index (χ0) is 18.6. The Morgan fingerprint density at radius 1 is 1.07 bits per heavy atom. The molecule has 144 valence electrons. The first kappa shape index (κ1) is 18.1. The number of hydrogen-bond acceptors (Lipinski definition) is 5. The molecule has 1 unspecified atom stereocenters. The van der Waals surface area contributed by atoms with Crippen LogP contribution in [0.15, 0.2) is 36.4 Å². The van der Waals surface area contributed by atoms with Gasteiger partial charge < -0.3 is 19.7 Å². The van der Waals surface area contributed by atoms with Crippen molar-refractivity contribution in [3.63, 3.8) is 0 Å². The molecule has 27 heavy (non-hydrogen) atoms. The summed E-state index contributed by atoms with van der Waals surface area (Å²) in [5.74, 6) is 2.84. The van der Waals surface area contributed by atoms with Crippen LogP contribution in [0.4, 0.5) is 5.82 Å². The highest BCUT2D eigenvalue weighted by Crippen LogP contribution is 2.32. The lowest BCUT2D eigenvalue weighted by Crippen LogP contribution is -2.43. The molecule has 5 heteroatoms. The third-order valence-corrected chi connectivity index (χ3v) is 5.45. The van der Waals surface area contributed by atoms with E-state index in [4.69, 9.17) is 9.47 Å². The summed E-state index contributed by atoms with van der Waals surface area (Å²) in [6.07, 6.45) is 3.20. The van der Waals surface area contributed by atoms with E-state index in [1.807, 2.05) is 6.07 Å². The summed E-state index contributed by atoms with van der Waals surface area (Å²) in [6.45, 7) is 7.82. The third-order valence-electron chi connectivity index (χ3n) is 5.45. The van der Waals surface area contributed by atoms with Crippen LogP contribution in [0.5, 0.6) is 11.5 Å². The lowest BCUT2D eigenvalue weighted by Gasteiger charge is -2.35. The molecule has 2 aliphatic heterocycles. The van der Waals surface area contributed by atoms with Crippen molar-refractivity contribution < 1.29 is 9.47 Å². The fourth-order valence-electron chi connectivity index (χ4n) is 3.88. The standard InChI is InChI=1S/C22H29N3O2/c1-16-5-3-6-22(23-16)25-11-9-19(10-12-25)24-17(2)18-7-8-20-21(15-18)27-14-4-13-26-20/h3,5-8,15,17,19,24H,4,9-14H2,1-2H3. The van der Waals surface area contributed by atoms with E-state index in [1.165, 1.54) is 5.56 Å². The first-order valence-corrected chi connectivity index (χ1v) is 10.0. The maximum Gasteiger partial charge on any atom is 0.161 e. The highest BCUT2D eigenvalue weighted by molar-refractivity contribution is 5.44. The monoisotopic (exact) mass is 367 g/mol. The minimum Gasteiger partial charge on any atom is -0.490 e. The summed E-state index contributed by atoms with van der Waals surface area (Å²) >= 11 is 0. The van der Waals surface area contributed by atoms with Crippen molar-refractivity contribution in [2.75, 3.05) is 31.2 Å². The molecular formula is C22H29N3O2. The number of hydrogen-bond donors (Lipinski definition) is 1. The molecule has 1 saturated heterocycles. The van der Waals surface area contributed by atoms with E-state index in [0.717, 1.165) is 68.6 Å². The van der Waals surface area contributed by atoms with E-state index in [2.05, 4.69) is 59.4 Å². The topological polar surface area (TPSA) is 46.6 Å². The Balaban J connectivity index is 1.34. The first-order valence-electron chi connectivity index (χ1n) is 10.0. The molecule has 0 radical (unpaired) electrons. The van der Waals surface area contributed by atoms with Gasteiger partial charge in [-0.3, -0.25) is 0 Å². The van der Waals surface area contributed by atoms with Crippen molar-refractivity contribution in [1.29, 1.82) is 0 Å². The molecule has 1 N–H and O–H groups in total. The number of aromatic nitrogens is 1. The second-order valence-corrected chi connectivity index (χ2v) is 7.54. The van der Waals surface area contributed by atoms with Crippen LogP contribution in [0.1, 0.15) is 43.5 Å². The van der Waals surface area contributed by atoms with Gasteiger partial charge in [0.05, 0.1) is 13.2 Å². The Kier molecular flexibility index (Phi) is 5.48. The van der Waals surface area contributed by atoms with Gasteiger partial charge in [-0.2, -0.15) is 0 Å². The number of nitrogens with one attached hydrogen (secondary N) is 1. The molecule has 4 rings (SSSR count). The van der Waals surface area contributed by atoms with Crippen LogP contribution in [0.2, 0.25) is 0 Å². The van der Waals surface area contributed by atoms with Crippen LogP contribution in [0.3, 0.4) is 0 Å². The van der Waals surface area contributed by atoms with Gasteiger partial charge in [-0.05, 0) is 56.5 Å². The number of fused-ring (bicyclic) bond motifs is 1. The first-order chi connectivity index (χ1) is 13.2. The number of pyridine rings is 1. The summed E-state index contributed by atoms with van der Waals surface area (Å²) < 4.78 is 11.6. The molecule has 1 aromatic heterocycles. The lowest BCUT2D eigenvalue weighted by molar-refractivity contribution is 0.297. The third kappa shape index (κ3) is 4.35. The number of nitrogens with zero attached hydrogens (tertiary/aromatic N) is 2. The second-order valence-electron chi connectivity index (χ2n) is 7.54. The maximum atomic E-state index is 5.84. The van der Waals surface area contributed by atoms with Crippen molar-refractivity contribution in [1.82, 2.24) is 10.3 Å². The van der Waals surface area contributed by atoms with Gasteiger partial charge in [0, 0.05) is 37.3 Å². The predicted molar refractivity (Wildman–Crippen MR) is 108 cm³/mol. The van der Waals surface area contributed by atoms with Crippen LogP contribution < -0.4 is 19.7 Å². The van der Waals surface area contributed by atoms with E-state index < -0.39 is 0 Å². The molecule has 1 fully saturated rings. The molecule has 0 bridgehead atoms. The van der Waals surface area contributed by atoms with Gasteiger partial charge in [-0.25, -0.2) is 4.98 Å². The molecule has 2 aliphatic rings. The Morgan fingerprint density at radius 2 is 1.85 bits per heavy atom. The quantitative estimate of drug-likeness (QED) is 0.889. The number of piperidine rings is 1. The predicted octanol–water partition coefficient (Wildman–Crippen LogP) is 3.87. The van der Waals surface area contributed by atoms with Gasteiger partial charge in [-0.1, -0.05) is 12.1 Å². The molecular weight excluding hydrogens is 338 g/mol. The van der Waals surface area contributed by atoms with Gasteiger partial charge >= 0.3 is 0 Å². The highest BCUT2D eigenvalue weighted by atomic mass is 16.5. The average molecular weight is 367 g/mol. The molecule has 0 saturated carbocycles. The minimum absolute atomic E-state index is 0.288. The summed E-state index contributed by atoms with van der Waals surface area (Å²) in [4.78, 5) is 7.05. The maximum absolute atomic E-state index is 5.84. The summed E-state index contributed by atoms with van der Waals surface area (Å²) in [5.41, 5.74) is 2.33. The number of anilines is 1. The van der Waals surface area contributed by atoms with Gasteiger partial charge in [0.2, 0.25) is 0 Å². The van der Waals surface area contributed by atoms with E-state index in [9.17, 15) is 0 Å².